The fourth-order valence-corrected chi connectivity index (χ4v) is 3.53. The number of hydrogen-bond acceptors (Lipinski definition) is 4. The Balaban J connectivity index is 1.46. The van der Waals surface area contributed by atoms with Gasteiger partial charge in [0, 0.05) is 37.4 Å². The summed E-state index contributed by atoms with van der Waals surface area (Å²) in [5.41, 5.74) is 6.07. The number of hydrogen-bond donors (Lipinski definition) is 2. The minimum absolute atomic E-state index is 0.412. The molecule has 2 unspecified atom stereocenters. The molecule has 1 saturated heterocycles. The van der Waals surface area contributed by atoms with E-state index in [2.05, 4.69) is 27.3 Å². The van der Waals surface area contributed by atoms with Crippen LogP contribution in [0.1, 0.15) is 38.5 Å². The first-order valence-corrected chi connectivity index (χ1v) is 7.99. The average molecular weight is 274 g/mol. The summed E-state index contributed by atoms with van der Waals surface area (Å²) in [6.07, 6.45) is 9.24. The molecule has 0 aromatic carbocycles. The average Bonchev–Trinajstić information content (AvgIpc) is 2.49. The highest BCUT2D eigenvalue weighted by molar-refractivity contribution is 5.38. The number of nitrogens with zero attached hydrogens (tertiary/aromatic N) is 2. The normalized spacial score (nSPS) is 28.6. The number of anilines is 1. The van der Waals surface area contributed by atoms with E-state index in [1.165, 1.54) is 32.1 Å². The Kier molecular flexibility index (Phi) is 4.53. The van der Waals surface area contributed by atoms with E-state index in [0.717, 1.165) is 25.3 Å². The summed E-state index contributed by atoms with van der Waals surface area (Å²) in [7, 11) is 0. The molecule has 1 aromatic rings. The molecule has 0 spiro atoms. The van der Waals surface area contributed by atoms with Crippen molar-refractivity contribution in [3.63, 3.8) is 0 Å². The van der Waals surface area contributed by atoms with Gasteiger partial charge in [-0.1, -0.05) is 12.5 Å². The first-order valence-electron chi connectivity index (χ1n) is 7.99. The second kappa shape index (κ2) is 6.55. The van der Waals surface area contributed by atoms with E-state index in [1.807, 2.05) is 12.3 Å². The molecule has 3 N–H and O–H groups in total. The van der Waals surface area contributed by atoms with E-state index >= 15 is 0 Å². The first kappa shape index (κ1) is 13.8. The molecule has 4 heteroatoms. The van der Waals surface area contributed by atoms with Gasteiger partial charge >= 0.3 is 0 Å². The predicted molar refractivity (Wildman–Crippen MR) is 82.8 cm³/mol. The Morgan fingerprint density at radius 1 is 1.10 bits per heavy atom. The Labute approximate surface area is 121 Å². The number of pyridine rings is 1. The molecule has 1 aromatic heterocycles. The number of nitrogens with two attached hydrogens (primary N) is 1. The molecule has 1 aliphatic heterocycles. The van der Waals surface area contributed by atoms with Crippen molar-refractivity contribution in [3.8, 4) is 0 Å². The zero-order valence-corrected chi connectivity index (χ0v) is 12.2. The lowest BCUT2D eigenvalue weighted by Crippen LogP contribution is -2.49. The number of piperidine rings is 1. The molecule has 0 radical (unpaired) electrons. The molecular weight excluding hydrogens is 248 g/mol. The van der Waals surface area contributed by atoms with Gasteiger partial charge in [0.1, 0.15) is 5.82 Å². The van der Waals surface area contributed by atoms with Crippen LogP contribution >= 0.6 is 0 Å². The van der Waals surface area contributed by atoms with Gasteiger partial charge in [-0.05, 0) is 44.2 Å². The van der Waals surface area contributed by atoms with Crippen LogP contribution in [0, 0.1) is 0 Å². The third kappa shape index (κ3) is 3.49. The fourth-order valence-electron chi connectivity index (χ4n) is 3.53. The quantitative estimate of drug-likeness (QED) is 0.884. The Morgan fingerprint density at radius 3 is 2.65 bits per heavy atom. The molecule has 20 heavy (non-hydrogen) atoms. The lowest BCUT2D eigenvalue weighted by molar-refractivity contribution is 0.289. The van der Waals surface area contributed by atoms with Crippen molar-refractivity contribution in [2.75, 3.05) is 18.0 Å². The zero-order chi connectivity index (χ0) is 13.8. The van der Waals surface area contributed by atoms with Crippen LogP contribution in [-0.4, -0.2) is 36.2 Å². The van der Waals surface area contributed by atoms with Gasteiger partial charge in [0.2, 0.25) is 0 Å². The van der Waals surface area contributed by atoms with E-state index in [0.29, 0.717) is 18.1 Å². The standard InChI is InChI=1S/C16H26N4/c17-13-4-3-5-15(12-13)19-14-7-10-20(11-8-14)16-6-1-2-9-18-16/h1-2,6,9,13-15,19H,3-5,7-8,10-12,17H2. The molecule has 2 atom stereocenters. The van der Waals surface area contributed by atoms with Crippen LogP contribution in [-0.2, 0) is 0 Å². The highest BCUT2D eigenvalue weighted by Crippen LogP contribution is 2.21. The van der Waals surface area contributed by atoms with Crippen LogP contribution in [0.3, 0.4) is 0 Å². The fraction of sp³-hybridized carbons (Fsp3) is 0.688. The van der Waals surface area contributed by atoms with Crippen LogP contribution in [0.2, 0.25) is 0 Å². The van der Waals surface area contributed by atoms with Gasteiger partial charge in [-0.3, -0.25) is 0 Å². The van der Waals surface area contributed by atoms with Crippen molar-refractivity contribution in [2.45, 2.75) is 56.7 Å². The summed E-state index contributed by atoms with van der Waals surface area (Å²) in [4.78, 5) is 6.84. The molecule has 1 aliphatic carbocycles. The molecule has 2 aliphatic rings. The van der Waals surface area contributed by atoms with Crippen LogP contribution in [0.25, 0.3) is 0 Å². The monoisotopic (exact) mass is 274 g/mol. The molecule has 0 amide bonds. The number of nitrogens with one attached hydrogen (secondary N) is 1. The highest BCUT2D eigenvalue weighted by atomic mass is 15.2. The third-order valence-corrected chi connectivity index (χ3v) is 4.65. The van der Waals surface area contributed by atoms with Crippen LogP contribution in [0.15, 0.2) is 24.4 Å². The van der Waals surface area contributed by atoms with Crippen molar-refractivity contribution in [1.29, 1.82) is 0 Å². The maximum atomic E-state index is 6.07. The lowest BCUT2D eigenvalue weighted by atomic mass is 9.90. The van der Waals surface area contributed by atoms with Gasteiger partial charge in [-0.25, -0.2) is 4.98 Å². The highest BCUT2D eigenvalue weighted by Gasteiger charge is 2.25. The second-order valence-corrected chi connectivity index (χ2v) is 6.24. The minimum Gasteiger partial charge on any atom is -0.357 e. The van der Waals surface area contributed by atoms with Gasteiger partial charge in [0.05, 0.1) is 0 Å². The third-order valence-electron chi connectivity index (χ3n) is 4.65. The van der Waals surface area contributed by atoms with Crippen LogP contribution < -0.4 is 16.0 Å². The van der Waals surface area contributed by atoms with E-state index in [-0.39, 0.29) is 0 Å². The van der Waals surface area contributed by atoms with Crippen molar-refractivity contribution >= 4 is 5.82 Å². The molecule has 1 saturated carbocycles. The summed E-state index contributed by atoms with van der Waals surface area (Å²) < 4.78 is 0. The summed E-state index contributed by atoms with van der Waals surface area (Å²) >= 11 is 0. The summed E-state index contributed by atoms with van der Waals surface area (Å²) in [6, 6.07) is 7.86. The molecule has 110 valence electrons. The first-order chi connectivity index (χ1) is 9.81. The second-order valence-electron chi connectivity index (χ2n) is 6.24. The lowest BCUT2D eigenvalue weighted by Gasteiger charge is -2.37. The Hall–Kier alpha value is -1.13. The summed E-state index contributed by atoms with van der Waals surface area (Å²) in [5, 5.41) is 3.83. The van der Waals surface area contributed by atoms with Crippen molar-refractivity contribution in [2.24, 2.45) is 5.73 Å². The maximum absolute atomic E-state index is 6.07. The van der Waals surface area contributed by atoms with E-state index in [4.69, 9.17) is 5.73 Å². The molecule has 3 rings (SSSR count). The number of aromatic nitrogens is 1. The molecule has 0 bridgehead atoms. The largest absolute Gasteiger partial charge is 0.357 e. The molecular formula is C16H26N4. The summed E-state index contributed by atoms with van der Waals surface area (Å²) in [6.45, 7) is 2.21. The van der Waals surface area contributed by atoms with Gasteiger partial charge in [-0.15, -0.1) is 0 Å². The molecule has 2 heterocycles. The number of rotatable bonds is 3. The summed E-state index contributed by atoms with van der Waals surface area (Å²) in [5.74, 6) is 1.12. The Morgan fingerprint density at radius 2 is 1.95 bits per heavy atom. The van der Waals surface area contributed by atoms with Gasteiger partial charge in [0.15, 0.2) is 0 Å². The van der Waals surface area contributed by atoms with E-state index in [9.17, 15) is 0 Å². The molecule has 2 fully saturated rings. The van der Waals surface area contributed by atoms with Gasteiger partial charge in [-0.2, -0.15) is 0 Å². The van der Waals surface area contributed by atoms with E-state index in [1.54, 1.807) is 0 Å². The van der Waals surface area contributed by atoms with Crippen LogP contribution in [0.4, 0.5) is 5.82 Å². The molecule has 4 nitrogen and oxygen atoms in total. The van der Waals surface area contributed by atoms with Gasteiger partial charge < -0.3 is 16.0 Å². The van der Waals surface area contributed by atoms with Crippen molar-refractivity contribution in [3.05, 3.63) is 24.4 Å². The topological polar surface area (TPSA) is 54.2 Å². The smallest absolute Gasteiger partial charge is 0.128 e. The maximum Gasteiger partial charge on any atom is 0.128 e. The van der Waals surface area contributed by atoms with Gasteiger partial charge in [0.25, 0.3) is 0 Å². The Bertz CT molecular complexity index is 400. The van der Waals surface area contributed by atoms with Crippen LogP contribution in [0.5, 0.6) is 0 Å². The minimum atomic E-state index is 0.412. The SMILES string of the molecule is NC1CCCC(NC2CCN(c3ccccn3)CC2)C1. The van der Waals surface area contributed by atoms with Crippen molar-refractivity contribution in [1.82, 2.24) is 10.3 Å². The van der Waals surface area contributed by atoms with E-state index < -0.39 is 0 Å². The predicted octanol–water partition coefficient (Wildman–Crippen LogP) is 1.91. The zero-order valence-electron chi connectivity index (χ0n) is 12.2. The van der Waals surface area contributed by atoms with Crippen molar-refractivity contribution < 1.29 is 0 Å².